The van der Waals surface area contributed by atoms with Crippen molar-refractivity contribution >= 4 is 12.2 Å². The number of ether oxygens (including phenoxy) is 2. The van der Waals surface area contributed by atoms with Crippen LogP contribution in [0.4, 0.5) is 9.59 Å². The normalized spacial score (nSPS) is 17.3. The van der Waals surface area contributed by atoms with E-state index in [4.69, 9.17) is 9.47 Å². The number of hydrogen-bond donors (Lipinski definition) is 1. The number of carbonyl (C=O) groups is 2. The number of piperidine rings is 1. The Morgan fingerprint density at radius 2 is 1.91 bits per heavy atom. The molecule has 1 rings (SSSR count). The second-order valence-corrected chi connectivity index (χ2v) is 6.91. The Bertz CT molecular complexity index is 436. The molecule has 1 aliphatic heterocycles. The number of rotatable bonds is 4. The number of likely N-dealkylation sites (N-methyl/N-ethyl adjacent to an activating group) is 1. The molecular weight excluding hydrogens is 300 g/mol. The molecule has 0 unspecified atom stereocenters. The molecule has 1 fully saturated rings. The zero-order chi connectivity index (χ0) is 17.7. The van der Waals surface area contributed by atoms with Gasteiger partial charge in [-0.2, -0.15) is 0 Å². The Balaban J connectivity index is 2.48. The molecule has 1 N–H and O–H groups in total. The van der Waals surface area contributed by atoms with Crippen molar-refractivity contribution in [1.82, 2.24) is 9.80 Å². The predicted octanol–water partition coefficient (Wildman–Crippen LogP) is 2.00. The Kier molecular flexibility index (Phi) is 6.44. The van der Waals surface area contributed by atoms with Crippen molar-refractivity contribution in [1.29, 1.82) is 0 Å². The average Bonchev–Trinajstić information content (AvgIpc) is 2.43. The van der Waals surface area contributed by atoms with Crippen LogP contribution in [0.25, 0.3) is 0 Å². The van der Waals surface area contributed by atoms with Gasteiger partial charge >= 0.3 is 12.2 Å². The summed E-state index contributed by atoms with van der Waals surface area (Å²) in [6.45, 7) is 9.97. The first kappa shape index (κ1) is 19.3. The highest BCUT2D eigenvalue weighted by molar-refractivity contribution is 5.68. The van der Waals surface area contributed by atoms with E-state index in [0.29, 0.717) is 25.9 Å². The molecule has 1 heterocycles. The Hall–Kier alpha value is -1.76. The highest BCUT2D eigenvalue weighted by atomic mass is 16.6. The number of likely N-dealkylation sites (tertiary alicyclic amines) is 1. The zero-order valence-electron chi connectivity index (χ0n) is 14.5. The lowest BCUT2D eigenvalue weighted by molar-refractivity contribution is -0.0448. The largest absolute Gasteiger partial charge is 0.445 e. The Morgan fingerprint density at radius 1 is 1.35 bits per heavy atom. The summed E-state index contributed by atoms with van der Waals surface area (Å²) >= 11 is 0. The molecule has 1 aliphatic rings. The number of amides is 2. The third kappa shape index (κ3) is 6.48. The molecule has 0 bridgehead atoms. The van der Waals surface area contributed by atoms with Gasteiger partial charge in [-0.15, -0.1) is 0 Å². The van der Waals surface area contributed by atoms with Gasteiger partial charge in [0.1, 0.15) is 12.2 Å². The third-order valence-electron chi connectivity index (χ3n) is 3.51. The molecular formula is C16H28N2O5. The maximum absolute atomic E-state index is 12.0. The fourth-order valence-corrected chi connectivity index (χ4v) is 2.33. The molecule has 7 heteroatoms. The molecule has 1 saturated heterocycles. The minimum absolute atomic E-state index is 0.164. The average molecular weight is 328 g/mol. The van der Waals surface area contributed by atoms with E-state index in [1.807, 2.05) is 0 Å². The van der Waals surface area contributed by atoms with Crippen LogP contribution in [0.15, 0.2) is 12.7 Å². The van der Waals surface area contributed by atoms with Gasteiger partial charge in [0, 0.05) is 20.1 Å². The number of aliphatic hydroxyl groups is 1. The van der Waals surface area contributed by atoms with Crippen molar-refractivity contribution in [3.8, 4) is 0 Å². The maximum Gasteiger partial charge on any atom is 0.410 e. The molecule has 0 radical (unpaired) electrons. The van der Waals surface area contributed by atoms with E-state index >= 15 is 0 Å². The van der Waals surface area contributed by atoms with E-state index < -0.39 is 23.4 Å². The van der Waals surface area contributed by atoms with E-state index in [1.165, 1.54) is 11.0 Å². The molecule has 0 spiro atoms. The summed E-state index contributed by atoms with van der Waals surface area (Å²) in [4.78, 5) is 26.6. The fraction of sp³-hybridized carbons (Fsp3) is 0.750. The number of nitrogens with zero attached hydrogens (tertiary/aromatic N) is 2. The monoisotopic (exact) mass is 328 g/mol. The second-order valence-electron chi connectivity index (χ2n) is 6.91. The Labute approximate surface area is 137 Å². The van der Waals surface area contributed by atoms with Crippen LogP contribution in [0.2, 0.25) is 0 Å². The first-order valence-corrected chi connectivity index (χ1v) is 7.75. The van der Waals surface area contributed by atoms with Crippen LogP contribution in [0.5, 0.6) is 0 Å². The zero-order valence-corrected chi connectivity index (χ0v) is 14.5. The molecule has 2 amide bonds. The topological polar surface area (TPSA) is 79.3 Å². The lowest BCUT2D eigenvalue weighted by atomic mass is 9.91. The summed E-state index contributed by atoms with van der Waals surface area (Å²) in [6, 6.07) is 0. The van der Waals surface area contributed by atoms with E-state index in [1.54, 1.807) is 32.7 Å². The van der Waals surface area contributed by atoms with E-state index in [0.717, 1.165) is 0 Å². The summed E-state index contributed by atoms with van der Waals surface area (Å²) in [7, 11) is 1.59. The van der Waals surface area contributed by atoms with Gasteiger partial charge in [-0.3, -0.25) is 0 Å². The van der Waals surface area contributed by atoms with Crippen LogP contribution in [0.1, 0.15) is 33.6 Å². The highest BCUT2D eigenvalue weighted by Gasteiger charge is 2.37. The standard InChI is InChI=1S/C16H28N2O5/c1-6-11-22-14(20)18-9-7-16(21,8-10-18)12-17(5)13(19)23-15(2,3)4/h6,21H,1,7-12H2,2-5H3. The minimum Gasteiger partial charge on any atom is -0.445 e. The summed E-state index contributed by atoms with van der Waals surface area (Å²) in [5.74, 6) is 0. The van der Waals surface area contributed by atoms with Crippen molar-refractivity contribution in [3.63, 3.8) is 0 Å². The van der Waals surface area contributed by atoms with Gasteiger partial charge in [-0.1, -0.05) is 12.7 Å². The lowest BCUT2D eigenvalue weighted by Crippen LogP contribution is -2.53. The van der Waals surface area contributed by atoms with Crippen LogP contribution in [-0.2, 0) is 9.47 Å². The molecule has 0 saturated carbocycles. The van der Waals surface area contributed by atoms with Gasteiger partial charge in [0.05, 0.1) is 12.1 Å². The summed E-state index contributed by atoms with van der Waals surface area (Å²) in [5, 5.41) is 10.6. The molecule has 132 valence electrons. The quantitative estimate of drug-likeness (QED) is 0.799. The smallest absolute Gasteiger partial charge is 0.410 e. The molecule has 0 aliphatic carbocycles. The van der Waals surface area contributed by atoms with Crippen molar-refractivity contribution in [2.75, 3.05) is 33.3 Å². The number of hydrogen-bond acceptors (Lipinski definition) is 5. The first-order valence-electron chi connectivity index (χ1n) is 7.75. The highest BCUT2D eigenvalue weighted by Crippen LogP contribution is 2.24. The number of carbonyl (C=O) groups excluding carboxylic acids is 2. The van der Waals surface area contributed by atoms with Gasteiger partial charge in [-0.05, 0) is 33.6 Å². The molecule has 0 aromatic carbocycles. The van der Waals surface area contributed by atoms with Crippen LogP contribution >= 0.6 is 0 Å². The van der Waals surface area contributed by atoms with Crippen LogP contribution in [0, 0.1) is 0 Å². The van der Waals surface area contributed by atoms with Crippen molar-refractivity contribution in [3.05, 3.63) is 12.7 Å². The summed E-state index contributed by atoms with van der Waals surface area (Å²) in [5.41, 5.74) is -1.60. The predicted molar refractivity (Wildman–Crippen MR) is 86.2 cm³/mol. The molecule has 0 atom stereocenters. The van der Waals surface area contributed by atoms with E-state index in [-0.39, 0.29) is 13.2 Å². The molecule has 23 heavy (non-hydrogen) atoms. The van der Waals surface area contributed by atoms with Gasteiger partial charge in [0.15, 0.2) is 0 Å². The van der Waals surface area contributed by atoms with E-state index in [2.05, 4.69) is 6.58 Å². The van der Waals surface area contributed by atoms with Crippen LogP contribution in [0.3, 0.4) is 0 Å². The minimum atomic E-state index is -1.03. The van der Waals surface area contributed by atoms with Crippen molar-refractivity contribution in [2.24, 2.45) is 0 Å². The third-order valence-corrected chi connectivity index (χ3v) is 3.51. The lowest BCUT2D eigenvalue weighted by Gasteiger charge is -2.39. The van der Waals surface area contributed by atoms with Gasteiger partial charge in [-0.25, -0.2) is 9.59 Å². The summed E-state index contributed by atoms with van der Waals surface area (Å²) < 4.78 is 10.2. The second kappa shape index (κ2) is 7.68. The maximum atomic E-state index is 12.0. The van der Waals surface area contributed by atoms with Crippen molar-refractivity contribution in [2.45, 2.75) is 44.8 Å². The Morgan fingerprint density at radius 3 is 2.39 bits per heavy atom. The molecule has 0 aromatic heterocycles. The van der Waals surface area contributed by atoms with E-state index in [9.17, 15) is 14.7 Å². The van der Waals surface area contributed by atoms with Gasteiger partial charge < -0.3 is 24.4 Å². The van der Waals surface area contributed by atoms with Gasteiger partial charge in [0.25, 0.3) is 0 Å². The van der Waals surface area contributed by atoms with Crippen LogP contribution in [-0.4, -0.2) is 71.6 Å². The fourth-order valence-electron chi connectivity index (χ4n) is 2.33. The van der Waals surface area contributed by atoms with Crippen molar-refractivity contribution < 1.29 is 24.2 Å². The molecule has 0 aromatic rings. The SMILES string of the molecule is C=CCOC(=O)N1CCC(O)(CN(C)C(=O)OC(C)(C)C)CC1. The first-order chi connectivity index (χ1) is 10.6. The molecule has 7 nitrogen and oxygen atoms in total. The van der Waals surface area contributed by atoms with Gasteiger partial charge in [0.2, 0.25) is 0 Å². The van der Waals surface area contributed by atoms with Crippen LogP contribution < -0.4 is 0 Å². The summed E-state index contributed by atoms with van der Waals surface area (Å²) in [6.07, 6.45) is 1.38.